The van der Waals surface area contributed by atoms with Gasteiger partial charge in [-0.15, -0.1) is 0 Å². The monoisotopic (exact) mass is 432 g/mol. The van der Waals surface area contributed by atoms with E-state index in [1.54, 1.807) is 25.7 Å². The van der Waals surface area contributed by atoms with Crippen molar-refractivity contribution in [2.75, 3.05) is 13.2 Å². The van der Waals surface area contributed by atoms with Crippen LogP contribution in [-0.2, 0) is 19.1 Å². The highest BCUT2D eigenvalue weighted by Crippen LogP contribution is 2.25. The number of hydrogen-bond donors (Lipinski definition) is 2. The third kappa shape index (κ3) is 7.06. The van der Waals surface area contributed by atoms with Crippen molar-refractivity contribution in [3.8, 4) is 0 Å². The first kappa shape index (κ1) is 24.9. The van der Waals surface area contributed by atoms with Gasteiger partial charge in [-0.05, 0) is 52.1 Å². The van der Waals surface area contributed by atoms with Crippen molar-refractivity contribution in [3.63, 3.8) is 0 Å². The van der Waals surface area contributed by atoms with Gasteiger partial charge in [-0.3, -0.25) is 9.59 Å². The maximum absolute atomic E-state index is 13.2. The standard InChI is InChI=1S/C24H36N2O5/c1-4-31-24(30)21(19-11-7-5-8-12-19)15-16-25-17(2)22(27)26(18(3)23(28)29)20-13-9-6-10-14-20/h5,7-8,11-12,17-18,20-21,25H,4,6,9-10,13-16H2,1-3H3,(H,28,29)/t17-,18-,21?/m0/s1. The molecule has 7 heteroatoms. The highest BCUT2D eigenvalue weighted by molar-refractivity contribution is 5.87. The molecule has 172 valence electrons. The number of benzene rings is 1. The van der Waals surface area contributed by atoms with Crippen LogP contribution in [0.1, 0.15) is 70.8 Å². The molecule has 2 rings (SSSR count). The molecular weight excluding hydrogens is 396 g/mol. The molecule has 0 spiro atoms. The average Bonchev–Trinajstić information content (AvgIpc) is 2.78. The van der Waals surface area contributed by atoms with E-state index in [2.05, 4.69) is 5.32 Å². The summed E-state index contributed by atoms with van der Waals surface area (Å²) in [6.45, 7) is 5.87. The fraction of sp³-hybridized carbons (Fsp3) is 0.625. The summed E-state index contributed by atoms with van der Waals surface area (Å²) < 4.78 is 5.23. The van der Waals surface area contributed by atoms with Gasteiger partial charge in [-0.1, -0.05) is 49.6 Å². The molecule has 0 heterocycles. The molecule has 2 N–H and O–H groups in total. The topological polar surface area (TPSA) is 95.9 Å². The minimum absolute atomic E-state index is 0.0341. The number of carbonyl (C=O) groups excluding carboxylic acids is 2. The van der Waals surface area contributed by atoms with Crippen LogP contribution in [0.25, 0.3) is 0 Å². The van der Waals surface area contributed by atoms with Gasteiger partial charge in [-0.2, -0.15) is 0 Å². The van der Waals surface area contributed by atoms with Crippen molar-refractivity contribution >= 4 is 17.8 Å². The molecule has 31 heavy (non-hydrogen) atoms. The molecule has 7 nitrogen and oxygen atoms in total. The lowest BCUT2D eigenvalue weighted by Crippen LogP contribution is -2.55. The van der Waals surface area contributed by atoms with Crippen molar-refractivity contribution in [2.45, 2.75) is 83.3 Å². The molecule has 0 radical (unpaired) electrons. The van der Waals surface area contributed by atoms with E-state index in [1.807, 2.05) is 30.3 Å². The van der Waals surface area contributed by atoms with Crippen LogP contribution < -0.4 is 5.32 Å². The van der Waals surface area contributed by atoms with Gasteiger partial charge in [0.15, 0.2) is 0 Å². The Morgan fingerprint density at radius 1 is 1.13 bits per heavy atom. The largest absolute Gasteiger partial charge is 0.480 e. The van der Waals surface area contributed by atoms with Gasteiger partial charge in [-0.25, -0.2) is 4.79 Å². The van der Waals surface area contributed by atoms with E-state index < -0.39 is 24.0 Å². The molecule has 1 aliphatic rings. The number of aliphatic carboxylic acids is 1. The summed E-state index contributed by atoms with van der Waals surface area (Å²) in [4.78, 5) is 38.8. The van der Waals surface area contributed by atoms with E-state index in [1.165, 1.54) is 0 Å². The van der Waals surface area contributed by atoms with Crippen LogP contribution in [-0.4, -0.2) is 59.1 Å². The summed E-state index contributed by atoms with van der Waals surface area (Å²) in [5, 5.41) is 12.7. The second kappa shape index (κ2) is 12.4. The van der Waals surface area contributed by atoms with Crippen molar-refractivity contribution in [2.24, 2.45) is 0 Å². The summed E-state index contributed by atoms with van der Waals surface area (Å²) in [5.41, 5.74) is 0.880. The van der Waals surface area contributed by atoms with E-state index >= 15 is 0 Å². The lowest BCUT2D eigenvalue weighted by molar-refractivity contribution is -0.153. The van der Waals surface area contributed by atoms with Gasteiger partial charge >= 0.3 is 11.9 Å². The SMILES string of the molecule is CCOC(=O)C(CCN[C@@H](C)C(=O)N(C1CCCCC1)[C@@H](C)C(=O)O)c1ccccc1. The van der Waals surface area contributed by atoms with Crippen molar-refractivity contribution < 1.29 is 24.2 Å². The van der Waals surface area contributed by atoms with Crippen LogP contribution in [0, 0.1) is 0 Å². The van der Waals surface area contributed by atoms with Crippen LogP contribution in [0.4, 0.5) is 0 Å². The van der Waals surface area contributed by atoms with E-state index in [9.17, 15) is 19.5 Å². The lowest BCUT2D eigenvalue weighted by Gasteiger charge is -2.38. The third-order valence-electron chi connectivity index (χ3n) is 6.02. The highest BCUT2D eigenvalue weighted by atomic mass is 16.5. The number of esters is 1. The normalized spacial score (nSPS) is 17.4. The molecular formula is C24H36N2O5. The Balaban J connectivity index is 2.02. The molecule has 1 aliphatic carbocycles. The fourth-order valence-electron chi connectivity index (χ4n) is 4.27. The maximum atomic E-state index is 13.2. The Labute approximate surface area is 185 Å². The first-order valence-electron chi connectivity index (χ1n) is 11.4. The predicted molar refractivity (Wildman–Crippen MR) is 119 cm³/mol. The number of nitrogens with zero attached hydrogens (tertiary/aromatic N) is 1. The zero-order valence-electron chi connectivity index (χ0n) is 18.9. The van der Waals surface area contributed by atoms with Crippen molar-refractivity contribution in [3.05, 3.63) is 35.9 Å². The molecule has 1 amide bonds. The Morgan fingerprint density at radius 3 is 2.35 bits per heavy atom. The van der Waals surface area contributed by atoms with Gasteiger partial charge < -0.3 is 20.1 Å². The van der Waals surface area contributed by atoms with Crippen molar-refractivity contribution in [1.82, 2.24) is 10.2 Å². The molecule has 1 fully saturated rings. The van der Waals surface area contributed by atoms with E-state index in [-0.39, 0.29) is 17.9 Å². The van der Waals surface area contributed by atoms with Crippen LogP contribution in [0.5, 0.6) is 0 Å². The molecule has 0 bridgehead atoms. The van der Waals surface area contributed by atoms with E-state index in [0.29, 0.717) is 19.6 Å². The summed E-state index contributed by atoms with van der Waals surface area (Å²) >= 11 is 0. The first-order chi connectivity index (χ1) is 14.9. The Bertz CT molecular complexity index is 718. The Kier molecular flexibility index (Phi) is 9.98. The number of ether oxygens (including phenoxy) is 1. The zero-order valence-corrected chi connectivity index (χ0v) is 18.9. The van der Waals surface area contributed by atoms with E-state index in [0.717, 1.165) is 37.7 Å². The average molecular weight is 433 g/mol. The van der Waals surface area contributed by atoms with Crippen LogP contribution in [0.2, 0.25) is 0 Å². The van der Waals surface area contributed by atoms with Crippen molar-refractivity contribution in [1.29, 1.82) is 0 Å². The minimum Gasteiger partial charge on any atom is -0.480 e. The van der Waals surface area contributed by atoms with Crippen LogP contribution in [0.3, 0.4) is 0 Å². The maximum Gasteiger partial charge on any atom is 0.326 e. The Morgan fingerprint density at radius 2 is 1.77 bits per heavy atom. The lowest BCUT2D eigenvalue weighted by atomic mass is 9.92. The summed E-state index contributed by atoms with van der Waals surface area (Å²) in [6, 6.07) is 8.03. The van der Waals surface area contributed by atoms with Gasteiger partial charge in [0.05, 0.1) is 18.6 Å². The summed E-state index contributed by atoms with van der Waals surface area (Å²) in [5.74, 6) is -1.88. The number of nitrogens with one attached hydrogen (secondary N) is 1. The number of hydrogen-bond acceptors (Lipinski definition) is 5. The molecule has 0 aromatic heterocycles. The first-order valence-corrected chi connectivity index (χ1v) is 11.4. The fourth-order valence-corrected chi connectivity index (χ4v) is 4.27. The highest BCUT2D eigenvalue weighted by Gasteiger charge is 2.35. The molecule has 0 saturated heterocycles. The number of amides is 1. The van der Waals surface area contributed by atoms with Gasteiger partial charge in [0.25, 0.3) is 0 Å². The van der Waals surface area contributed by atoms with Crippen LogP contribution >= 0.6 is 0 Å². The van der Waals surface area contributed by atoms with Gasteiger partial charge in [0, 0.05) is 6.04 Å². The Hall–Kier alpha value is -2.41. The number of carboxylic acid groups (broad SMARTS) is 1. The van der Waals surface area contributed by atoms with Crippen LogP contribution in [0.15, 0.2) is 30.3 Å². The van der Waals surface area contributed by atoms with E-state index in [4.69, 9.17) is 4.74 Å². The number of rotatable bonds is 11. The summed E-state index contributed by atoms with van der Waals surface area (Å²) in [6.07, 6.45) is 5.33. The predicted octanol–water partition coefficient (Wildman–Crippen LogP) is 3.34. The molecule has 1 unspecified atom stereocenters. The molecule has 1 saturated carbocycles. The van der Waals surface area contributed by atoms with Gasteiger partial charge in [0.1, 0.15) is 6.04 Å². The van der Waals surface area contributed by atoms with Gasteiger partial charge in [0.2, 0.25) is 5.91 Å². The third-order valence-corrected chi connectivity index (χ3v) is 6.02. The summed E-state index contributed by atoms with van der Waals surface area (Å²) in [7, 11) is 0. The molecule has 1 aromatic carbocycles. The second-order valence-corrected chi connectivity index (χ2v) is 8.23. The molecule has 0 aliphatic heterocycles. The number of carbonyl (C=O) groups is 3. The second-order valence-electron chi connectivity index (χ2n) is 8.23. The molecule has 1 aromatic rings. The quantitative estimate of drug-likeness (QED) is 0.521. The smallest absolute Gasteiger partial charge is 0.326 e. The molecule has 3 atom stereocenters. The number of carboxylic acids is 1. The minimum atomic E-state index is -0.988. The zero-order chi connectivity index (χ0) is 22.8.